The van der Waals surface area contributed by atoms with Crippen LogP contribution in [-0.4, -0.2) is 34.4 Å². The highest BCUT2D eigenvalue weighted by molar-refractivity contribution is 5.69. The van der Waals surface area contributed by atoms with Crippen molar-refractivity contribution in [1.82, 2.24) is 4.98 Å². The molecule has 0 radical (unpaired) electrons. The number of hydrogen-bond acceptors (Lipinski definition) is 5. The molecule has 0 aliphatic carbocycles. The van der Waals surface area contributed by atoms with E-state index < -0.39 is 18.2 Å². The van der Waals surface area contributed by atoms with E-state index in [4.69, 9.17) is 0 Å². The molecule has 5 heteroatoms. The van der Waals surface area contributed by atoms with Crippen LogP contribution in [-0.2, 0) is 9.53 Å². The van der Waals surface area contributed by atoms with E-state index in [-0.39, 0.29) is 6.42 Å². The minimum Gasteiger partial charge on any atom is -0.469 e. The van der Waals surface area contributed by atoms with Crippen LogP contribution >= 0.6 is 0 Å². The van der Waals surface area contributed by atoms with Crippen LogP contribution in [0.2, 0.25) is 0 Å². The molecule has 1 rings (SSSR count). The summed E-state index contributed by atoms with van der Waals surface area (Å²) in [4.78, 5) is 14.8. The van der Waals surface area contributed by atoms with E-state index in [1.807, 2.05) is 6.92 Å². The number of carbonyl (C=O) groups excluding carboxylic acids is 1. The lowest BCUT2D eigenvalue weighted by molar-refractivity contribution is -0.144. The maximum atomic E-state index is 10.9. The third kappa shape index (κ3) is 3.29. The molecule has 1 aromatic heterocycles. The van der Waals surface area contributed by atoms with Gasteiger partial charge in [-0.05, 0) is 12.5 Å². The van der Waals surface area contributed by atoms with Crippen LogP contribution in [0.25, 0.3) is 0 Å². The monoisotopic (exact) mass is 225 g/mol. The number of carbonyl (C=O) groups is 1. The summed E-state index contributed by atoms with van der Waals surface area (Å²) in [5, 5.41) is 19.3. The van der Waals surface area contributed by atoms with Crippen molar-refractivity contribution in [1.29, 1.82) is 0 Å². The van der Waals surface area contributed by atoms with Crippen LogP contribution in [0.1, 0.15) is 23.7 Å². The lowest BCUT2D eigenvalue weighted by Gasteiger charge is -2.16. The van der Waals surface area contributed by atoms with Gasteiger partial charge < -0.3 is 14.9 Å². The summed E-state index contributed by atoms with van der Waals surface area (Å²) in [6.07, 6.45) is 0.537. The second-order valence-electron chi connectivity index (χ2n) is 3.59. The summed E-state index contributed by atoms with van der Waals surface area (Å²) in [6.45, 7) is 1.83. The highest BCUT2D eigenvalue weighted by Gasteiger charge is 2.22. The summed E-state index contributed by atoms with van der Waals surface area (Å²) in [5.41, 5.74) is 1.36. The van der Waals surface area contributed by atoms with Crippen molar-refractivity contribution in [2.75, 3.05) is 7.11 Å². The molecule has 1 aromatic rings. The number of nitrogens with zero attached hydrogens (tertiary/aromatic N) is 1. The van der Waals surface area contributed by atoms with Crippen molar-refractivity contribution in [3.63, 3.8) is 0 Å². The highest BCUT2D eigenvalue weighted by atomic mass is 16.5. The smallest absolute Gasteiger partial charge is 0.308 e. The number of rotatable bonds is 4. The third-order valence-corrected chi connectivity index (χ3v) is 2.21. The summed E-state index contributed by atoms with van der Waals surface area (Å²) in [6, 6.07) is 1.71. The Morgan fingerprint density at radius 3 is 2.75 bits per heavy atom. The van der Waals surface area contributed by atoms with Crippen molar-refractivity contribution in [2.24, 2.45) is 0 Å². The van der Waals surface area contributed by atoms with Gasteiger partial charge in [0.05, 0.1) is 19.6 Å². The predicted molar refractivity (Wildman–Crippen MR) is 56.6 cm³/mol. The zero-order valence-electron chi connectivity index (χ0n) is 9.25. The van der Waals surface area contributed by atoms with E-state index in [1.165, 1.54) is 13.3 Å². The molecule has 0 saturated heterocycles. The van der Waals surface area contributed by atoms with E-state index in [9.17, 15) is 15.0 Å². The first-order chi connectivity index (χ1) is 7.54. The van der Waals surface area contributed by atoms with Crippen LogP contribution < -0.4 is 0 Å². The first kappa shape index (κ1) is 12.6. The quantitative estimate of drug-likeness (QED) is 0.723. The van der Waals surface area contributed by atoms with Crippen LogP contribution in [0.3, 0.4) is 0 Å². The molecule has 0 amide bonds. The average molecular weight is 225 g/mol. The van der Waals surface area contributed by atoms with Gasteiger partial charge in [0.25, 0.3) is 0 Å². The van der Waals surface area contributed by atoms with Gasteiger partial charge >= 0.3 is 5.97 Å². The van der Waals surface area contributed by atoms with Gasteiger partial charge in [0.1, 0.15) is 6.10 Å². The number of aryl methyl sites for hydroxylation is 1. The maximum absolute atomic E-state index is 10.9. The van der Waals surface area contributed by atoms with Gasteiger partial charge in [-0.1, -0.05) is 6.07 Å². The van der Waals surface area contributed by atoms with E-state index in [1.54, 1.807) is 12.3 Å². The topological polar surface area (TPSA) is 79.7 Å². The van der Waals surface area contributed by atoms with E-state index in [2.05, 4.69) is 9.72 Å². The molecule has 0 bridgehead atoms. The zero-order chi connectivity index (χ0) is 12.1. The summed E-state index contributed by atoms with van der Waals surface area (Å²) >= 11 is 0. The molecule has 88 valence electrons. The number of hydrogen-bond donors (Lipinski definition) is 2. The molecule has 0 spiro atoms. The number of pyridine rings is 1. The molecule has 0 saturated carbocycles. The summed E-state index contributed by atoms with van der Waals surface area (Å²) in [7, 11) is 1.23. The molecule has 0 aromatic carbocycles. The van der Waals surface area contributed by atoms with Crippen molar-refractivity contribution in [3.8, 4) is 0 Å². The van der Waals surface area contributed by atoms with Gasteiger partial charge in [0, 0.05) is 18.0 Å². The molecule has 0 aliphatic heterocycles. The number of methoxy groups -OCH3 is 1. The number of aromatic nitrogens is 1. The molecule has 2 N–H and O–H groups in total. The Morgan fingerprint density at radius 2 is 2.19 bits per heavy atom. The molecular weight excluding hydrogens is 210 g/mol. The highest BCUT2D eigenvalue weighted by Crippen LogP contribution is 2.19. The van der Waals surface area contributed by atoms with Crippen LogP contribution in [0, 0.1) is 6.92 Å². The average Bonchev–Trinajstić information content (AvgIpc) is 2.27. The summed E-state index contributed by atoms with van der Waals surface area (Å²) in [5.74, 6) is -0.563. The third-order valence-electron chi connectivity index (χ3n) is 2.21. The molecule has 5 nitrogen and oxygen atoms in total. The Labute approximate surface area is 93.7 Å². The number of aliphatic hydroxyl groups is 2. The van der Waals surface area contributed by atoms with Crippen LogP contribution in [0.5, 0.6) is 0 Å². The van der Waals surface area contributed by atoms with E-state index >= 15 is 0 Å². The van der Waals surface area contributed by atoms with E-state index in [0.29, 0.717) is 5.56 Å². The molecule has 16 heavy (non-hydrogen) atoms. The lowest BCUT2D eigenvalue weighted by Crippen LogP contribution is -2.22. The second kappa shape index (κ2) is 5.58. The Hall–Kier alpha value is -1.46. The molecule has 0 fully saturated rings. The number of esters is 1. The van der Waals surface area contributed by atoms with Gasteiger partial charge in [-0.2, -0.15) is 0 Å². The molecule has 2 unspecified atom stereocenters. The van der Waals surface area contributed by atoms with Crippen molar-refractivity contribution in [3.05, 3.63) is 29.6 Å². The fraction of sp³-hybridized carbons (Fsp3) is 0.455. The fourth-order valence-electron chi connectivity index (χ4n) is 1.33. The van der Waals surface area contributed by atoms with Crippen molar-refractivity contribution in [2.45, 2.75) is 25.6 Å². The van der Waals surface area contributed by atoms with Gasteiger partial charge in [-0.25, -0.2) is 0 Å². The molecule has 2 atom stereocenters. The van der Waals surface area contributed by atoms with Gasteiger partial charge in [-0.15, -0.1) is 0 Å². The largest absolute Gasteiger partial charge is 0.469 e. The minimum atomic E-state index is -1.18. The molecular formula is C11H15NO4. The molecule has 0 aliphatic rings. The summed E-state index contributed by atoms with van der Waals surface area (Å²) < 4.78 is 4.40. The number of aliphatic hydroxyl groups excluding tert-OH is 2. The fourth-order valence-corrected chi connectivity index (χ4v) is 1.33. The Kier molecular flexibility index (Phi) is 4.39. The van der Waals surface area contributed by atoms with Crippen molar-refractivity contribution < 1.29 is 19.7 Å². The van der Waals surface area contributed by atoms with Gasteiger partial charge in [0.2, 0.25) is 0 Å². The normalized spacial score (nSPS) is 14.2. The van der Waals surface area contributed by atoms with Gasteiger partial charge in [-0.3, -0.25) is 9.78 Å². The predicted octanol–water partition coefficient (Wildman–Crippen LogP) is 0.347. The van der Waals surface area contributed by atoms with Crippen molar-refractivity contribution >= 4 is 5.97 Å². The van der Waals surface area contributed by atoms with E-state index in [0.717, 1.165) is 5.56 Å². The van der Waals surface area contributed by atoms with Gasteiger partial charge in [0.15, 0.2) is 0 Å². The first-order valence-electron chi connectivity index (χ1n) is 4.89. The van der Waals surface area contributed by atoms with Crippen LogP contribution in [0.15, 0.2) is 18.5 Å². The Balaban J connectivity index is 2.70. The molecule has 1 heterocycles. The van der Waals surface area contributed by atoms with Crippen LogP contribution in [0.4, 0.5) is 0 Å². The lowest BCUT2D eigenvalue weighted by atomic mass is 10.0. The first-order valence-corrected chi connectivity index (χ1v) is 4.89. The Morgan fingerprint density at radius 1 is 1.50 bits per heavy atom. The zero-order valence-corrected chi connectivity index (χ0v) is 9.25. The Bertz CT molecular complexity index is 367. The second-order valence-corrected chi connectivity index (χ2v) is 3.59. The minimum absolute atomic E-state index is 0.244. The standard InChI is InChI=1S/C11H15NO4/c1-7-3-8(6-12-5-7)11(15)9(13)4-10(14)16-2/h3,5-6,9,11,13,15H,4H2,1-2H3. The maximum Gasteiger partial charge on any atom is 0.308 e. The number of ether oxygens (including phenoxy) is 1. The SMILES string of the molecule is COC(=O)CC(O)C(O)c1cncc(C)c1.